The molecule has 0 aromatic heterocycles. The monoisotopic (exact) mass is 372 g/mol. The minimum absolute atomic E-state index is 0.0317. The van der Waals surface area contributed by atoms with E-state index in [0.29, 0.717) is 19.4 Å². The zero-order valence-electron chi connectivity index (χ0n) is 15.8. The standard InChI is InChI=1S/C24H24N2O2/c27-23(16-18-12-13-19-7-4-5-10-21(19)15-18)25-22(20-8-2-1-3-9-20)17-26-14-6-11-24(26)28/h1-5,7-10,12-13,15,22H,6,11,14,16-17H2,(H,25,27)/t22-/m1/s1. The van der Waals surface area contributed by atoms with Gasteiger partial charge in [-0.1, -0.05) is 72.8 Å². The van der Waals surface area contributed by atoms with E-state index in [4.69, 9.17) is 0 Å². The molecule has 0 bridgehead atoms. The van der Waals surface area contributed by atoms with Crippen molar-refractivity contribution in [1.29, 1.82) is 0 Å². The van der Waals surface area contributed by atoms with Crippen molar-refractivity contribution in [3.8, 4) is 0 Å². The van der Waals surface area contributed by atoms with Crippen LogP contribution in [0.4, 0.5) is 0 Å². The van der Waals surface area contributed by atoms with Gasteiger partial charge in [0.05, 0.1) is 12.5 Å². The summed E-state index contributed by atoms with van der Waals surface area (Å²) in [6, 6.07) is 23.9. The Balaban J connectivity index is 1.48. The molecule has 1 aliphatic heterocycles. The third kappa shape index (κ3) is 4.22. The number of carbonyl (C=O) groups excluding carboxylic acids is 2. The lowest BCUT2D eigenvalue weighted by atomic mass is 10.0. The molecule has 0 spiro atoms. The third-order valence-corrected chi connectivity index (χ3v) is 5.29. The lowest BCUT2D eigenvalue weighted by Gasteiger charge is -2.25. The Morgan fingerprint density at radius 2 is 1.71 bits per heavy atom. The molecule has 3 aromatic carbocycles. The first kappa shape index (κ1) is 18.2. The van der Waals surface area contributed by atoms with Crippen LogP contribution < -0.4 is 5.32 Å². The van der Waals surface area contributed by atoms with Gasteiger partial charge in [0, 0.05) is 19.5 Å². The molecule has 4 nitrogen and oxygen atoms in total. The van der Waals surface area contributed by atoms with Crippen LogP contribution in [0.3, 0.4) is 0 Å². The van der Waals surface area contributed by atoms with Gasteiger partial charge in [-0.05, 0) is 28.3 Å². The zero-order chi connectivity index (χ0) is 19.3. The second-order valence-corrected chi connectivity index (χ2v) is 7.33. The summed E-state index contributed by atoms with van der Waals surface area (Å²) < 4.78 is 0. The number of likely N-dealkylation sites (tertiary alicyclic amines) is 1. The second-order valence-electron chi connectivity index (χ2n) is 7.33. The van der Waals surface area contributed by atoms with Gasteiger partial charge in [0.25, 0.3) is 0 Å². The van der Waals surface area contributed by atoms with Gasteiger partial charge in [-0.2, -0.15) is 0 Å². The molecule has 2 amide bonds. The summed E-state index contributed by atoms with van der Waals surface area (Å²) in [4.78, 5) is 26.7. The molecule has 0 saturated carbocycles. The van der Waals surface area contributed by atoms with E-state index < -0.39 is 0 Å². The maximum absolute atomic E-state index is 12.8. The second kappa shape index (κ2) is 8.26. The summed E-state index contributed by atoms with van der Waals surface area (Å²) in [5, 5.41) is 5.45. The van der Waals surface area contributed by atoms with Crippen molar-refractivity contribution in [1.82, 2.24) is 10.2 Å². The number of nitrogens with one attached hydrogen (secondary N) is 1. The molecule has 0 unspecified atom stereocenters. The molecular formula is C24H24N2O2. The first-order chi connectivity index (χ1) is 13.7. The molecule has 0 aliphatic carbocycles. The smallest absolute Gasteiger partial charge is 0.224 e. The quantitative estimate of drug-likeness (QED) is 0.714. The summed E-state index contributed by atoms with van der Waals surface area (Å²) in [6.07, 6.45) is 1.82. The highest BCUT2D eigenvalue weighted by molar-refractivity contribution is 5.85. The van der Waals surface area contributed by atoms with Crippen LogP contribution in [0, 0.1) is 0 Å². The fraction of sp³-hybridized carbons (Fsp3) is 0.250. The number of rotatable bonds is 6. The first-order valence-electron chi connectivity index (χ1n) is 9.79. The van der Waals surface area contributed by atoms with Crippen LogP contribution in [-0.4, -0.2) is 29.8 Å². The summed E-state index contributed by atoms with van der Waals surface area (Å²) in [5.41, 5.74) is 2.01. The highest BCUT2D eigenvalue weighted by Gasteiger charge is 2.25. The van der Waals surface area contributed by atoms with E-state index in [1.807, 2.05) is 53.4 Å². The maximum atomic E-state index is 12.8. The van der Waals surface area contributed by atoms with E-state index >= 15 is 0 Å². The molecule has 4 rings (SSSR count). The van der Waals surface area contributed by atoms with Gasteiger partial charge < -0.3 is 10.2 Å². The number of benzene rings is 3. The van der Waals surface area contributed by atoms with Gasteiger partial charge in [0.15, 0.2) is 0 Å². The Hall–Kier alpha value is -3.14. The normalized spacial score (nSPS) is 15.0. The fourth-order valence-corrected chi connectivity index (χ4v) is 3.82. The van der Waals surface area contributed by atoms with Gasteiger partial charge in [0.2, 0.25) is 11.8 Å². The van der Waals surface area contributed by atoms with Crippen LogP contribution in [0.5, 0.6) is 0 Å². The van der Waals surface area contributed by atoms with Crippen LogP contribution in [0.25, 0.3) is 10.8 Å². The molecule has 1 aliphatic rings. The minimum Gasteiger partial charge on any atom is -0.347 e. The minimum atomic E-state index is -0.198. The average molecular weight is 372 g/mol. The van der Waals surface area contributed by atoms with Crippen LogP contribution in [-0.2, 0) is 16.0 Å². The van der Waals surface area contributed by atoms with Crippen molar-refractivity contribution < 1.29 is 9.59 Å². The van der Waals surface area contributed by atoms with Crippen molar-refractivity contribution >= 4 is 22.6 Å². The molecular weight excluding hydrogens is 348 g/mol. The molecule has 1 N–H and O–H groups in total. The number of amides is 2. The topological polar surface area (TPSA) is 49.4 Å². The van der Waals surface area contributed by atoms with Crippen molar-refractivity contribution in [2.45, 2.75) is 25.3 Å². The number of hydrogen-bond donors (Lipinski definition) is 1. The van der Waals surface area contributed by atoms with Crippen LogP contribution in [0.1, 0.15) is 30.0 Å². The van der Waals surface area contributed by atoms with E-state index in [0.717, 1.165) is 29.5 Å². The van der Waals surface area contributed by atoms with E-state index in [1.165, 1.54) is 5.39 Å². The highest BCUT2D eigenvalue weighted by atomic mass is 16.2. The summed E-state index contributed by atoms with van der Waals surface area (Å²) in [5.74, 6) is 0.139. The number of nitrogens with zero attached hydrogens (tertiary/aromatic N) is 1. The molecule has 1 heterocycles. The summed E-state index contributed by atoms with van der Waals surface area (Å²) >= 11 is 0. The molecule has 1 atom stereocenters. The maximum Gasteiger partial charge on any atom is 0.224 e. The Bertz CT molecular complexity index is 984. The predicted octanol–water partition coefficient (Wildman–Crippen LogP) is 3.86. The van der Waals surface area contributed by atoms with Crippen molar-refractivity contribution in [3.63, 3.8) is 0 Å². The van der Waals surface area contributed by atoms with E-state index in [9.17, 15) is 9.59 Å². The zero-order valence-corrected chi connectivity index (χ0v) is 15.8. The molecule has 0 radical (unpaired) electrons. The van der Waals surface area contributed by atoms with E-state index in [2.05, 4.69) is 29.6 Å². The number of hydrogen-bond acceptors (Lipinski definition) is 2. The van der Waals surface area contributed by atoms with Crippen molar-refractivity contribution in [3.05, 3.63) is 83.9 Å². The van der Waals surface area contributed by atoms with Crippen molar-refractivity contribution in [2.75, 3.05) is 13.1 Å². The Labute approximate surface area is 165 Å². The molecule has 1 saturated heterocycles. The van der Waals surface area contributed by atoms with Gasteiger partial charge >= 0.3 is 0 Å². The molecule has 142 valence electrons. The Morgan fingerprint density at radius 1 is 0.964 bits per heavy atom. The predicted molar refractivity (Wildman–Crippen MR) is 111 cm³/mol. The molecule has 4 heteroatoms. The van der Waals surface area contributed by atoms with Gasteiger partial charge in [0.1, 0.15) is 0 Å². The number of carbonyl (C=O) groups is 2. The lowest BCUT2D eigenvalue weighted by Crippen LogP contribution is -2.39. The summed E-state index contributed by atoms with van der Waals surface area (Å²) in [7, 11) is 0. The van der Waals surface area contributed by atoms with Crippen molar-refractivity contribution in [2.24, 2.45) is 0 Å². The first-order valence-corrected chi connectivity index (χ1v) is 9.79. The number of fused-ring (bicyclic) bond motifs is 1. The SMILES string of the molecule is O=C(Cc1ccc2ccccc2c1)N[C@H](CN1CCCC1=O)c1ccccc1. The largest absolute Gasteiger partial charge is 0.347 e. The third-order valence-electron chi connectivity index (χ3n) is 5.29. The lowest BCUT2D eigenvalue weighted by molar-refractivity contribution is -0.129. The van der Waals surface area contributed by atoms with E-state index in [1.54, 1.807) is 0 Å². The van der Waals surface area contributed by atoms with Gasteiger partial charge in [-0.25, -0.2) is 0 Å². The molecule has 3 aromatic rings. The average Bonchev–Trinajstić information content (AvgIpc) is 3.12. The fourth-order valence-electron chi connectivity index (χ4n) is 3.82. The Morgan fingerprint density at radius 3 is 2.46 bits per heavy atom. The molecule has 28 heavy (non-hydrogen) atoms. The van der Waals surface area contributed by atoms with Gasteiger partial charge in [-0.15, -0.1) is 0 Å². The highest BCUT2D eigenvalue weighted by Crippen LogP contribution is 2.20. The van der Waals surface area contributed by atoms with E-state index in [-0.39, 0.29) is 17.9 Å². The summed E-state index contributed by atoms with van der Waals surface area (Å²) in [6.45, 7) is 1.29. The Kier molecular flexibility index (Phi) is 5.38. The van der Waals surface area contributed by atoms with Gasteiger partial charge in [-0.3, -0.25) is 9.59 Å². The van der Waals surface area contributed by atoms with Crippen LogP contribution in [0.2, 0.25) is 0 Å². The van der Waals surface area contributed by atoms with Crippen LogP contribution >= 0.6 is 0 Å². The van der Waals surface area contributed by atoms with Crippen LogP contribution in [0.15, 0.2) is 72.8 Å². The molecule has 1 fully saturated rings.